The number of nitriles is 1. The van der Waals surface area contributed by atoms with Gasteiger partial charge < -0.3 is 5.11 Å². The van der Waals surface area contributed by atoms with Crippen molar-refractivity contribution in [3.8, 4) is 6.07 Å². The zero-order valence-corrected chi connectivity index (χ0v) is 9.80. The van der Waals surface area contributed by atoms with Crippen molar-refractivity contribution in [2.75, 3.05) is 0 Å². The predicted octanol–water partition coefficient (Wildman–Crippen LogP) is 3.01. The van der Waals surface area contributed by atoms with Crippen molar-refractivity contribution in [3.05, 3.63) is 33.3 Å². The molecule has 3 heteroatoms. The molecule has 1 rings (SSSR count). The molecule has 74 valence electrons. The number of halogens is 1. The monoisotopic (exact) mass is 253 g/mol. The second-order valence-electron chi connectivity index (χ2n) is 3.29. The van der Waals surface area contributed by atoms with Crippen molar-refractivity contribution in [1.82, 2.24) is 0 Å². The van der Waals surface area contributed by atoms with Gasteiger partial charge in [-0.25, -0.2) is 0 Å². The normalized spacial score (nSPS) is 12.2. The third-order valence-electron chi connectivity index (χ3n) is 2.26. The van der Waals surface area contributed by atoms with Gasteiger partial charge in [0.05, 0.1) is 18.6 Å². The Balaban J connectivity index is 3.12. The molecule has 0 amide bonds. The van der Waals surface area contributed by atoms with E-state index in [0.29, 0.717) is 0 Å². The summed E-state index contributed by atoms with van der Waals surface area (Å²) in [5.74, 6) is 0. The second-order valence-corrected chi connectivity index (χ2v) is 4.08. The van der Waals surface area contributed by atoms with Crippen LogP contribution in [0.3, 0.4) is 0 Å². The third kappa shape index (κ3) is 2.14. The molecule has 1 unspecified atom stereocenters. The van der Waals surface area contributed by atoms with Gasteiger partial charge in [-0.1, -0.05) is 28.1 Å². The predicted molar refractivity (Wildman–Crippen MR) is 58.8 cm³/mol. The van der Waals surface area contributed by atoms with Crippen LogP contribution in [0.25, 0.3) is 0 Å². The van der Waals surface area contributed by atoms with E-state index in [9.17, 15) is 5.11 Å². The Kier molecular flexibility index (Phi) is 3.68. The Bertz CT molecular complexity index is 382. The Morgan fingerprint density at radius 2 is 2.14 bits per heavy atom. The van der Waals surface area contributed by atoms with Crippen LogP contribution < -0.4 is 0 Å². The maximum atomic E-state index is 9.67. The minimum atomic E-state index is -0.683. The number of nitrogens with zero attached hydrogens (tertiary/aromatic N) is 1. The number of aryl methyl sites for hydroxylation is 1. The summed E-state index contributed by atoms with van der Waals surface area (Å²) in [5.41, 5.74) is 2.96. The van der Waals surface area contributed by atoms with E-state index in [4.69, 9.17) is 5.26 Å². The van der Waals surface area contributed by atoms with Crippen LogP contribution in [-0.2, 0) is 0 Å². The Morgan fingerprint density at radius 1 is 1.50 bits per heavy atom. The van der Waals surface area contributed by atoms with Crippen LogP contribution in [-0.4, -0.2) is 5.11 Å². The molecule has 0 heterocycles. The highest BCUT2D eigenvalue weighted by molar-refractivity contribution is 9.10. The van der Waals surface area contributed by atoms with Gasteiger partial charge >= 0.3 is 0 Å². The summed E-state index contributed by atoms with van der Waals surface area (Å²) in [6.07, 6.45) is -0.548. The lowest BCUT2D eigenvalue weighted by molar-refractivity contribution is 0.182. The van der Waals surface area contributed by atoms with Crippen molar-refractivity contribution in [2.45, 2.75) is 26.4 Å². The summed E-state index contributed by atoms with van der Waals surface area (Å²) in [4.78, 5) is 0. The fourth-order valence-corrected chi connectivity index (χ4v) is 1.75. The number of aliphatic hydroxyl groups excluding tert-OH is 1. The van der Waals surface area contributed by atoms with E-state index in [-0.39, 0.29) is 6.42 Å². The topological polar surface area (TPSA) is 44.0 Å². The summed E-state index contributed by atoms with van der Waals surface area (Å²) in [5, 5.41) is 18.2. The molecule has 0 aliphatic heterocycles. The molecule has 0 bridgehead atoms. The molecule has 0 saturated heterocycles. The van der Waals surface area contributed by atoms with Crippen LogP contribution in [0.2, 0.25) is 0 Å². The van der Waals surface area contributed by atoms with Crippen molar-refractivity contribution < 1.29 is 5.11 Å². The summed E-state index contributed by atoms with van der Waals surface area (Å²) in [6.45, 7) is 3.94. The number of hydrogen-bond donors (Lipinski definition) is 1. The van der Waals surface area contributed by atoms with Gasteiger partial charge in [-0.05, 0) is 30.5 Å². The summed E-state index contributed by atoms with van der Waals surface area (Å²) in [6, 6.07) is 5.77. The van der Waals surface area contributed by atoms with Gasteiger partial charge in [0.2, 0.25) is 0 Å². The molecule has 1 N–H and O–H groups in total. The maximum absolute atomic E-state index is 9.67. The zero-order chi connectivity index (χ0) is 10.7. The van der Waals surface area contributed by atoms with E-state index in [1.54, 1.807) is 0 Å². The van der Waals surface area contributed by atoms with Crippen LogP contribution in [0, 0.1) is 25.2 Å². The second kappa shape index (κ2) is 4.59. The molecule has 2 nitrogen and oxygen atoms in total. The molecule has 0 aliphatic carbocycles. The first-order valence-electron chi connectivity index (χ1n) is 4.38. The molecule has 1 aromatic carbocycles. The van der Waals surface area contributed by atoms with E-state index >= 15 is 0 Å². The smallest absolute Gasteiger partial charge is 0.0922 e. The van der Waals surface area contributed by atoms with Crippen molar-refractivity contribution in [2.24, 2.45) is 0 Å². The maximum Gasteiger partial charge on any atom is 0.0922 e. The standard InChI is InChI=1S/C11H12BrNO/c1-7-3-4-9(8(2)11(7)12)10(14)5-6-13/h3-4,10,14H,5H2,1-2H3. The first-order valence-corrected chi connectivity index (χ1v) is 5.17. The fraction of sp³-hybridized carbons (Fsp3) is 0.364. The van der Waals surface area contributed by atoms with Crippen LogP contribution in [0.5, 0.6) is 0 Å². The SMILES string of the molecule is Cc1ccc(C(O)CC#N)c(C)c1Br. The van der Waals surface area contributed by atoms with E-state index in [1.807, 2.05) is 32.0 Å². The molecule has 0 saturated carbocycles. The van der Waals surface area contributed by atoms with Crippen LogP contribution in [0.15, 0.2) is 16.6 Å². The van der Waals surface area contributed by atoms with E-state index < -0.39 is 6.10 Å². The minimum Gasteiger partial charge on any atom is -0.387 e. The average Bonchev–Trinajstić information content (AvgIpc) is 2.15. The first kappa shape index (κ1) is 11.2. The lowest BCUT2D eigenvalue weighted by Crippen LogP contribution is -2.00. The van der Waals surface area contributed by atoms with Crippen molar-refractivity contribution >= 4 is 15.9 Å². The van der Waals surface area contributed by atoms with Crippen LogP contribution in [0.1, 0.15) is 29.2 Å². The number of benzene rings is 1. The molecule has 0 spiro atoms. The van der Waals surface area contributed by atoms with Crippen molar-refractivity contribution in [1.29, 1.82) is 5.26 Å². The number of rotatable bonds is 2. The molecule has 0 aromatic heterocycles. The van der Waals surface area contributed by atoms with Gasteiger partial charge in [-0.2, -0.15) is 5.26 Å². The molecule has 0 fully saturated rings. The first-order chi connectivity index (χ1) is 6.57. The Labute approximate surface area is 92.3 Å². The highest BCUT2D eigenvalue weighted by atomic mass is 79.9. The summed E-state index contributed by atoms with van der Waals surface area (Å²) < 4.78 is 1.01. The molecule has 0 radical (unpaired) electrons. The van der Waals surface area contributed by atoms with Gasteiger partial charge in [0, 0.05) is 4.47 Å². The van der Waals surface area contributed by atoms with Crippen molar-refractivity contribution in [3.63, 3.8) is 0 Å². The van der Waals surface area contributed by atoms with Gasteiger partial charge in [-0.15, -0.1) is 0 Å². The lowest BCUT2D eigenvalue weighted by Gasteiger charge is -2.13. The molecule has 1 atom stereocenters. The Morgan fingerprint density at radius 3 is 2.71 bits per heavy atom. The highest BCUT2D eigenvalue weighted by Gasteiger charge is 2.12. The molecule has 14 heavy (non-hydrogen) atoms. The lowest BCUT2D eigenvalue weighted by atomic mass is 10.00. The summed E-state index contributed by atoms with van der Waals surface area (Å²) in [7, 11) is 0. The third-order valence-corrected chi connectivity index (χ3v) is 3.49. The van der Waals surface area contributed by atoms with Gasteiger partial charge in [0.1, 0.15) is 0 Å². The van der Waals surface area contributed by atoms with Gasteiger partial charge in [0.25, 0.3) is 0 Å². The largest absolute Gasteiger partial charge is 0.387 e. The van der Waals surface area contributed by atoms with Gasteiger partial charge in [0.15, 0.2) is 0 Å². The number of hydrogen-bond acceptors (Lipinski definition) is 2. The molecule has 1 aromatic rings. The zero-order valence-electron chi connectivity index (χ0n) is 8.21. The van der Waals surface area contributed by atoms with Crippen LogP contribution in [0.4, 0.5) is 0 Å². The molecule has 0 aliphatic rings. The average molecular weight is 254 g/mol. The van der Waals surface area contributed by atoms with Gasteiger partial charge in [-0.3, -0.25) is 0 Å². The molecular formula is C11H12BrNO. The Hall–Kier alpha value is -0.850. The fourth-order valence-electron chi connectivity index (χ4n) is 1.39. The number of aliphatic hydroxyl groups is 1. The quantitative estimate of drug-likeness (QED) is 0.881. The van der Waals surface area contributed by atoms with E-state index in [1.165, 1.54) is 0 Å². The van der Waals surface area contributed by atoms with E-state index in [2.05, 4.69) is 15.9 Å². The summed E-state index contributed by atoms with van der Waals surface area (Å²) >= 11 is 3.46. The highest BCUT2D eigenvalue weighted by Crippen LogP contribution is 2.28. The molecular weight excluding hydrogens is 242 g/mol. The van der Waals surface area contributed by atoms with Crippen LogP contribution >= 0.6 is 15.9 Å². The van der Waals surface area contributed by atoms with E-state index in [0.717, 1.165) is 21.2 Å². The minimum absolute atomic E-state index is 0.135.